The molecule has 0 saturated heterocycles. The van der Waals surface area contributed by atoms with Gasteiger partial charge in [0.05, 0.1) is 11.1 Å². The van der Waals surface area contributed by atoms with Crippen LogP contribution in [0.4, 0.5) is 4.39 Å². The molecule has 1 aromatic carbocycles. The topological polar surface area (TPSA) is 81.9 Å². The Kier molecular flexibility index (Phi) is 3.76. The van der Waals surface area contributed by atoms with Crippen molar-refractivity contribution in [1.29, 1.82) is 0 Å². The number of thiophene rings is 1. The van der Waals surface area contributed by atoms with E-state index in [9.17, 15) is 14.3 Å². The van der Waals surface area contributed by atoms with Crippen molar-refractivity contribution in [2.45, 2.75) is 0 Å². The second kappa shape index (κ2) is 5.49. The summed E-state index contributed by atoms with van der Waals surface area (Å²) in [5, 5.41) is 21.7. The van der Waals surface area contributed by atoms with Gasteiger partial charge in [-0.15, -0.1) is 11.3 Å². The average molecular weight is 280 g/mol. The molecule has 5 nitrogen and oxygen atoms in total. The van der Waals surface area contributed by atoms with E-state index in [1.54, 1.807) is 0 Å². The highest BCUT2D eigenvalue weighted by Crippen LogP contribution is 2.20. The van der Waals surface area contributed by atoms with Crippen molar-refractivity contribution in [1.82, 2.24) is 5.43 Å². The van der Waals surface area contributed by atoms with Gasteiger partial charge in [0.1, 0.15) is 11.5 Å². The van der Waals surface area contributed by atoms with Crippen LogP contribution in [-0.4, -0.2) is 22.3 Å². The Balaban J connectivity index is 2.02. The summed E-state index contributed by atoms with van der Waals surface area (Å²) in [5.74, 6) is -0.781. The molecule has 0 fully saturated rings. The molecule has 0 radical (unpaired) electrons. The molecule has 2 aromatic rings. The Labute approximate surface area is 111 Å². The molecule has 0 unspecified atom stereocenters. The lowest BCUT2D eigenvalue weighted by Crippen LogP contribution is -2.16. The zero-order valence-corrected chi connectivity index (χ0v) is 10.3. The molecule has 1 aromatic heterocycles. The van der Waals surface area contributed by atoms with E-state index in [1.807, 2.05) is 0 Å². The summed E-state index contributed by atoms with van der Waals surface area (Å²) in [6, 6.07) is 6.50. The zero-order chi connectivity index (χ0) is 13.8. The first-order valence-corrected chi connectivity index (χ1v) is 5.98. The van der Waals surface area contributed by atoms with E-state index in [2.05, 4.69) is 10.5 Å². The van der Waals surface area contributed by atoms with Crippen molar-refractivity contribution in [2.75, 3.05) is 0 Å². The number of nitrogens with zero attached hydrogens (tertiary/aromatic N) is 1. The van der Waals surface area contributed by atoms with E-state index < -0.39 is 11.0 Å². The molecule has 1 amide bonds. The Morgan fingerprint density at radius 3 is 2.74 bits per heavy atom. The molecule has 2 rings (SSSR count). The Bertz CT molecular complexity index is 640. The van der Waals surface area contributed by atoms with E-state index in [1.165, 1.54) is 30.5 Å². The third kappa shape index (κ3) is 3.29. The van der Waals surface area contributed by atoms with Gasteiger partial charge in [-0.05, 0) is 24.3 Å². The lowest BCUT2D eigenvalue weighted by atomic mass is 10.2. The second-order valence-corrected chi connectivity index (χ2v) is 4.58. The van der Waals surface area contributed by atoms with E-state index in [0.29, 0.717) is 16.9 Å². The van der Waals surface area contributed by atoms with Crippen molar-refractivity contribution in [3.8, 4) is 11.5 Å². The number of amides is 1. The second-order valence-electron chi connectivity index (χ2n) is 3.55. The smallest absolute Gasteiger partial charge is 0.281 e. The number of carbonyl (C=O) groups is 1. The van der Waals surface area contributed by atoms with Crippen molar-refractivity contribution >= 4 is 23.5 Å². The van der Waals surface area contributed by atoms with E-state index >= 15 is 0 Å². The highest BCUT2D eigenvalue weighted by Gasteiger charge is 2.07. The standard InChI is InChI=1S/C12H9FN2O3S/c13-11-4-3-10(19-11)12(18)15-14-6-7-1-2-8(16)5-9(7)17/h1-6,16-17H,(H,15,18). The number of aromatic hydroxyl groups is 2. The molecule has 0 aliphatic rings. The Morgan fingerprint density at radius 1 is 1.32 bits per heavy atom. The van der Waals surface area contributed by atoms with Crippen molar-refractivity contribution in [2.24, 2.45) is 5.10 Å². The van der Waals surface area contributed by atoms with Crippen LogP contribution in [0.2, 0.25) is 0 Å². The Morgan fingerprint density at radius 2 is 2.11 bits per heavy atom. The fourth-order valence-corrected chi connectivity index (χ4v) is 1.91. The largest absolute Gasteiger partial charge is 0.508 e. The van der Waals surface area contributed by atoms with Crippen LogP contribution in [0.25, 0.3) is 0 Å². The van der Waals surface area contributed by atoms with E-state index in [0.717, 1.165) is 6.07 Å². The van der Waals surface area contributed by atoms with E-state index in [-0.39, 0.29) is 16.4 Å². The first-order chi connectivity index (χ1) is 9.06. The van der Waals surface area contributed by atoms with Crippen molar-refractivity contribution < 1.29 is 19.4 Å². The summed E-state index contributed by atoms with van der Waals surface area (Å²) < 4.78 is 12.7. The van der Waals surface area contributed by atoms with Gasteiger partial charge in [0.15, 0.2) is 5.13 Å². The minimum Gasteiger partial charge on any atom is -0.508 e. The third-order valence-corrected chi connectivity index (χ3v) is 3.05. The number of phenols is 2. The molecule has 0 atom stereocenters. The predicted octanol–water partition coefficient (Wildman–Crippen LogP) is 2.06. The quantitative estimate of drug-likeness (QED) is 0.594. The lowest BCUT2D eigenvalue weighted by Gasteiger charge is -1.99. The molecule has 0 aliphatic carbocycles. The first kappa shape index (κ1) is 13.0. The van der Waals surface area contributed by atoms with Crippen LogP contribution in [0, 0.1) is 5.13 Å². The molecule has 1 heterocycles. The predicted molar refractivity (Wildman–Crippen MR) is 69.1 cm³/mol. The summed E-state index contributed by atoms with van der Waals surface area (Å²) in [5.41, 5.74) is 2.53. The van der Waals surface area contributed by atoms with Gasteiger partial charge in [-0.1, -0.05) is 0 Å². The molecule has 0 bridgehead atoms. The van der Waals surface area contributed by atoms with Crippen LogP contribution in [0.1, 0.15) is 15.2 Å². The number of benzene rings is 1. The average Bonchev–Trinajstić information content (AvgIpc) is 2.78. The van der Waals surface area contributed by atoms with Crippen LogP contribution in [0.5, 0.6) is 11.5 Å². The number of nitrogens with one attached hydrogen (secondary N) is 1. The molecule has 0 spiro atoms. The molecule has 3 N–H and O–H groups in total. The van der Waals surface area contributed by atoms with Crippen LogP contribution in [0.15, 0.2) is 35.4 Å². The lowest BCUT2D eigenvalue weighted by molar-refractivity contribution is 0.0959. The van der Waals surface area contributed by atoms with Gasteiger partial charge in [0, 0.05) is 11.6 Å². The third-order valence-electron chi connectivity index (χ3n) is 2.18. The van der Waals surface area contributed by atoms with Gasteiger partial charge in [-0.25, -0.2) is 5.43 Å². The van der Waals surface area contributed by atoms with E-state index in [4.69, 9.17) is 5.11 Å². The molecular formula is C12H9FN2O3S. The number of rotatable bonds is 3. The van der Waals surface area contributed by atoms with Gasteiger partial charge in [0.2, 0.25) is 0 Å². The minimum atomic E-state index is -0.539. The summed E-state index contributed by atoms with van der Waals surface area (Å²) >= 11 is 0.712. The van der Waals surface area contributed by atoms with Crippen LogP contribution in [0.3, 0.4) is 0 Å². The van der Waals surface area contributed by atoms with Gasteiger partial charge in [-0.3, -0.25) is 4.79 Å². The Hall–Kier alpha value is -2.41. The maximum atomic E-state index is 12.7. The highest BCUT2D eigenvalue weighted by atomic mass is 32.1. The number of carbonyl (C=O) groups excluding carboxylic acids is 1. The number of phenolic OH excluding ortho intramolecular Hbond substituents is 2. The molecular weight excluding hydrogens is 271 g/mol. The van der Waals surface area contributed by atoms with Crippen LogP contribution < -0.4 is 5.43 Å². The van der Waals surface area contributed by atoms with Crippen LogP contribution in [-0.2, 0) is 0 Å². The molecule has 0 aliphatic heterocycles. The number of halogens is 1. The summed E-state index contributed by atoms with van der Waals surface area (Å²) in [6.45, 7) is 0. The maximum absolute atomic E-state index is 12.7. The van der Waals surface area contributed by atoms with Gasteiger partial charge < -0.3 is 10.2 Å². The normalized spacial score (nSPS) is 10.8. The van der Waals surface area contributed by atoms with Gasteiger partial charge >= 0.3 is 0 Å². The number of hydrazone groups is 1. The molecule has 98 valence electrons. The molecule has 7 heteroatoms. The number of hydrogen-bond donors (Lipinski definition) is 3. The maximum Gasteiger partial charge on any atom is 0.281 e. The van der Waals surface area contributed by atoms with Gasteiger partial charge in [-0.2, -0.15) is 9.49 Å². The minimum absolute atomic E-state index is 0.0762. The summed E-state index contributed by atoms with van der Waals surface area (Å²) in [4.78, 5) is 11.7. The van der Waals surface area contributed by atoms with Crippen molar-refractivity contribution in [3.63, 3.8) is 0 Å². The fourth-order valence-electron chi connectivity index (χ4n) is 1.29. The fraction of sp³-hybridized carbons (Fsp3) is 0. The first-order valence-electron chi connectivity index (χ1n) is 5.17. The summed E-state index contributed by atoms with van der Waals surface area (Å²) in [7, 11) is 0. The zero-order valence-electron chi connectivity index (χ0n) is 9.50. The summed E-state index contributed by atoms with van der Waals surface area (Å²) in [6.07, 6.45) is 1.22. The molecule has 0 saturated carbocycles. The van der Waals surface area contributed by atoms with Gasteiger partial charge in [0.25, 0.3) is 5.91 Å². The highest BCUT2D eigenvalue weighted by molar-refractivity contribution is 7.12. The van der Waals surface area contributed by atoms with Crippen LogP contribution >= 0.6 is 11.3 Å². The van der Waals surface area contributed by atoms with Crippen molar-refractivity contribution in [3.05, 3.63) is 45.9 Å². The SMILES string of the molecule is O=C(NN=Cc1ccc(O)cc1O)c1ccc(F)s1. The number of hydrogen-bond acceptors (Lipinski definition) is 5. The molecule has 19 heavy (non-hydrogen) atoms. The monoisotopic (exact) mass is 280 g/mol.